The Labute approximate surface area is 108 Å². The van der Waals surface area contributed by atoms with Crippen LogP contribution in [-0.2, 0) is 6.42 Å². The zero-order valence-electron chi connectivity index (χ0n) is 9.04. The summed E-state index contributed by atoms with van der Waals surface area (Å²) in [5, 5.41) is 3.42. The SMILES string of the molecule is Fc1ccc(NC2CCc3sc(Cl)cc32)cc1. The molecule has 1 unspecified atom stereocenters. The van der Waals surface area contributed by atoms with Crippen LogP contribution in [0.5, 0.6) is 0 Å². The molecule has 0 saturated heterocycles. The molecule has 0 spiro atoms. The van der Waals surface area contributed by atoms with Crippen LogP contribution in [0, 0.1) is 5.82 Å². The van der Waals surface area contributed by atoms with Gasteiger partial charge in [0.25, 0.3) is 0 Å². The van der Waals surface area contributed by atoms with E-state index >= 15 is 0 Å². The first kappa shape index (κ1) is 11.1. The van der Waals surface area contributed by atoms with E-state index in [9.17, 15) is 4.39 Å². The van der Waals surface area contributed by atoms with Gasteiger partial charge in [-0.25, -0.2) is 4.39 Å². The fourth-order valence-corrected chi connectivity index (χ4v) is 3.58. The second-order valence-corrected chi connectivity index (χ2v) is 5.94. The van der Waals surface area contributed by atoms with Gasteiger partial charge in [-0.05, 0) is 48.7 Å². The van der Waals surface area contributed by atoms with E-state index in [2.05, 4.69) is 5.32 Å². The minimum atomic E-state index is -0.207. The lowest BCUT2D eigenvalue weighted by molar-refractivity contribution is 0.627. The van der Waals surface area contributed by atoms with Gasteiger partial charge in [0.15, 0.2) is 0 Å². The number of nitrogens with one attached hydrogen (secondary N) is 1. The van der Waals surface area contributed by atoms with Gasteiger partial charge in [0.1, 0.15) is 5.82 Å². The summed E-state index contributed by atoms with van der Waals surface area (Å²) >= 11 is 7.67. The standard InChI is InChI=1S/C13H11ClFNS/c14-13-7-10-11(5-6-12(10)17-13)16-9-3-1-8(15)2-4-9/h1-4,7,11,16H,5-6H2. The van der Waals surface area contributed by atoms with Crippen LogP contribution in [0.3, 0.4) is 0 Å². The van der Waals surface area contributed by atoms with Crippen molar-refractivity contribution in [3.05, 3.63) is 50.9 Å². The van der Waals surface area contributed by atoms with Crippen molar-refractivity contribution in [2.45, 2.75) is 18.9 Å². The molecule has 3 rings (SSSR count). The highest BCUT2D eigenvalue weighted by molar-refractivity contribution is 7.16. The van der Waals surface area contributed by atoms with Gasteiger partial charge in [-0.2, -0.15) is 0 Å². The molecular weight excluding hydrogens is 257 g/mol. The third-order valence-corrected chi connectivity index (χ3v) is 4.37. The number of hydrogen-bond donors (Lipinski definition) is 1. The van der Waals surface area contributed by atoms with E-state index in [0.717, 1.165) is 22.9 Å². The molecule has 1 N–H and O–H groups in total. The Balaban J connectivity index is 1.81. The van der Waals surface area contributed by atoms with E-state index in [1.165, 1.54) is 22.6 Å². The van der Waals surface area contributed by atoms with Crippen LogP contribution < -0.4 is 5.32 Å². The summed E-state index contributed by atoms with van der Waals surface area (Å²) in [5.41, 5.74) is 2.25. The van der Waals surface area contributed by atoms with Crippen molar-refractivity contribution < 1.29 is 4.39 Å². The number of rotatable bonds is 2. The Morgan fingerprint density at radius 1 is 1.29 bits per heavy atom. The summed E-state index contributed by atoms with van der Waals surface area (Å²) in [4.78, 5) is 1.37. The van der Waals surface area contributed by atoms with Crippen molar-refractivity contribution in [2.75, 3.05) is 5.32 Å². The number of benzene rings is 1. The lowest BCUT2D eigenvalue weighted by Gasteiger charge is -2.14. The van der Waals surface area contributed by atoms with Crippen LogP contribution in [0.2, 0.25) is 4.34 Å². The lowest BCUT2D eigenvalue weighted by atomic mass is 10.1. The van der Waals surface area contributed by atoms with Crippen molar-refractivity contribution in [1.29, 1.82) is 0 Å². The molecule has 1 aliphatic carbocycles. The molecule has 1 nitrogen and oxygen atoms in total. The fraction of sp³-hybridized carbons (Fsp3) is 0.231. The minimum Gasteiger partial charge on any atom is -0.378 e. The molecule has 0 fully saturated rings. The topological polar surface area (TPSA) is 12.0 Å². The highest BCUT2D eigenvalue weighted by Crippen LogP contribution is 2.40. The first-order valence-corrected chi connectivity index (χ1v) is 6.72. The molecule has 88 valence electrons. The Kier molecular flexibility index (Phi) is 2.81. The molecule has 1 aliphatic rings. The van der Waals surface area contributed by atoms with E-state index in [0.29, 0.717) is 6.04 Å². The maximum absolute atomic E-state index is 12.8. The van der Waals surface area contributed by atoms with Crippen LogP contribution in [-0.4, -0.2) is 0 Å². The predicted octanol–water partition coefficient (Wildman–Crippen LogP) is 4.64. The normalized spacial score (nSPS) is 18.1. The van der Waals surface area contributed by atoms with E-state index in [-0.39, 0.29) is 5.82 Å². The van der Waals surface area contributed by atoms with Crippen LogP contribution in [0.4, 0.5) is 10.1 Å². The molecule has 0 radical (unpaired) electrons. The van der Waals surface area contributed by atoms with Crippen molar-refractivity contribution in [3.8, 4) is 0 Å². The van der Waals surface area contributed by atoms with Crippen LogP contribution in [0.1, 0.15) is 22.9 Å². The Bertz CT molecular complexity index is 535. The van der Waals surface area contributed by atoms with E-state index in [1.807, 2.05) is 6.07 Å². The molecule has 1 heterocycles. The summed E-state index contributed by atoms with van der Waals surface area (Å²) in [6.45, 7) is 0. The lowest BCUT2D eigenvalue weighted by Crippen LogP contribution is -2.06. The fourth-order valence-electron chi connectivity index (χ4n) is 2.23. The third kappa shape index (κ3) is 2.17. The van der Waals surface area contributed by atoms with Crippen LogP contribution in [0.15, 0.2) is 30.3 Å². The van der Waals surface area contributed by atoms with Crippen molar-refractivity contribution in [1.82, 2.24) is 0 Å². The minimum absolute atomic E-state index is 0.207. The summed E-state index contributed by atoms with van der Waals surface area (Å²) in [5.74, 6) is -0.207. The van der Waals surface area contributed by atoms with Crippen LogP contribution in [0.25, 0.3) is 0 Å². The molecular formula is C13H11ClFNS. The Morgan fingerprint density at radius 2 is 2.06 bits per heavy atom. The zero-order chi connectivity index (χ0) is 11.8. The van der Waals surface area contributed by atoms with Gasteiger partial charge in [0, 0.05) is 10.6 Å². The van der Waals surface area contributed by atoms with E-state index in [4.69, 9.17) is 11.6 Å². The molecule has 1 atom stereocenters. The molecule has 1 aromatic carbocycles. The molecule has 17 heavy (non-hydrogen) atoms. The monoisotopic (exact) mass is 267 g/mol. The number of aryl methyl sites for hydroxylation is 1. The number of hydrogen-bond acceptors (Lipinski definition) is 2. The van der Waals surface area contributed by atoms with Gasteiger partial charge in [-0.15, -0.1) is 11.3 Å². The van der Waals surface area contributed by atoms with Gasteiger partial charge < -0.3 is 5.32 Å². The highest BCUT2D eigenvalue weighted by atomic mass is 35.5. The molecule has 2 aromatic rings. The molecule has 0 amide bonds. The summed E-state index contributed by atoms with van der Waals surface area (Å²) in [7, 11) is 0. The number of halogens is 2. The van der Waals surface area contributed by atoms with Crippen molar-refractivity contribution in [2.24, 2.45) is 0 Å². The van der Waals surface area contributed by atoms with Crippen LogP contribution >= 0.6 is 22.9 Å². The second-order valence-electron chi connectivity index (χ2n) is 4.17. The van der Waals surface area contributed by atoms with Crippen molar-refractivity contribution in [3.63, 3.8) is 0 Å². The largest absolute Gasteiger partial charge is 0.378 e. The average Bonchev–Trinajstić information content (AvgIpc) is 2.83. The van der Waals surface area contributed by atoms with Gasteiger partial charge >= 0.3 is 0 Å². The zero-order valence-corrected chi connectivity index (χ0v) is 10.6. The number of anilines is 1. The summed E-state index contributed by atoms with van der Waals surface area (Å²) in [6, 6.07) is 8.81. The first-order valence-electron chi connectivity index (χ1n) is 5.52. The maximum atomic E-state index is 12.8. The van der Waals surface area contributed by atoms with E-state index in [1.54, 1.807) is 23.5 Å². The van der Waals surface area contributed by atoms with Crippen molar-refractivity contribution >= 4 is 28.6 Å². The maximum Gasteiger partial charge on any atom is 0.123 e. The van der Waals surface area contributed by atoms with Gasteiger partial charge in [-0.1, -0.05) is 11.6 Å². The Hall–Kier alpha value is -1.06. The molecule has 4 heteroatoms. The number of thiophene rings is 1. The van der Waals surface area contributed by atoms with E-state index < -0.39 is 0 Å². The summed E-state index contributed by atoms with van der Waals surface area (Å²) in [6.07, 6.45) is 2.15. The predicted molar refractivity (Wildman–Crippen MR) is 70.4 cm³/mol. The molecule has 1 aromatic heterocycles. The third-order valence-electron chi connectivity index (χ3n) is 3.03. The average molecular weight is 268 g/mol. The van der Waals surface area contributed by atoms with Gasteiger partial charge in [0.2, 0.25) is 0 Å². The highest BCUT2D eigenvalue weighted by Gasteiger charge is 2.24. The number of fused-ring (bicyclic) bond motifs is 1. The molecule has 0 saturated carbocycles. The second kappa shape index (κ2) is 4.31. The first-order chi connectivity index (χ1) is 8.22. The van der Waals surface area contributed by atoms with Gasteiger partial charge in [-0.3, -0.25) is 0 Å². The summed E-state index contributed by atoms with van der Waals surface area (Å²) < 4.78 is 13.6. The molecule has 0 bridgehead atoms. The smallest absolute Gasteiger partial charge is 0.123 e. The molecule has 0 aliphatic heterocycles. The Morgan fingerprint density at radius 3 is 2.82 bits per heavy atom. The van der Waals surface area contributed by atoms with Gasteiger partial charge in [0.05, 0.1) is 10.4 Å². The quantitative estimate of drug-likeness (QED) is 0.836.